The molecule has 0 aromatic carbocycles. The summed E-state index contributed by atoms with van der Waals surface area (Å²) >= 11 is 1.73. The Labute approximate surface area is 152 Å². The quantitative estimate of drug-likeness (QED) is 0.894. The van der Waals surface area contributed by atoms with Crippen LogP contribution < -0.4 is 5.32 Å². The second-order valence-corrected chi connectivity index (χ2v) is 8.60. The summed E-state index contributed by atoms with van der Waals surface area (Å²) in [5.74, 6) is 1.93. The van der Waals surface area contributed by atoms with E-state index < -0.39 is 5.54 Å². The van der Waals surface area contributed by atoms with Crippen molar-refractivity contribution >= 4 is 17.2 Å². The van der Waals surface area contributed by atoms with E-state index in [1.807, 2.05) is 5.38 Å². The molecule has 25 heavy (non-hydrogen) atoms. The number of thiophene rings is 1. The second kappa shape index (κ2) is 6.56. The van der Waals surface area contributed by atoms with Gasteiger partial charge in [-0.15, -0.1) is 11.3 Å². The van der Waals surface area contributed by atoms with E-state index in [9.17, 15) is 4.79 Å². The molecule has 0 saturated heterocycles. The summed E-state index contributed by atoms with van der Waals surface area (Å²) in [5, 5.41) is 9.49. The van der Waals surface area contributed by atoms with Crippen molar-refractivity contribution in [2.45, 2.75) is 70.8 Å². The molecule has 2 aromatic heterocycles. The third-order valence-electron chi connectivity index (χ3n) is 5.66. The van der Waals surface area contributed by atoms with Crippen LogP contribution >= 0.6 is 11.3 Å². The maximum Gasteiger partial charge on any atom is 0.253 e. The molecule has 0 unspecified atom stereocenters. The van der Waals surface area contributed by atoms with Gasteiger partial charge in [0, 0.05) is 17.2 Å². The molecule has 1 N–H and O–H groups in total. The minimum absolute atomic E-state index is 0.0245. The van der Waals surface area contributed by atoms with Crippen molar-refractivity contribution in [1.82, 2.24) is 15.5 Å². The monoisotopic (exact) mass is 359 g/mol. The molecule has 0 radical (unpaired) electrons. The number of nitrogens with one attached hydrogen (secondary N) is 1. The van der Waals surface area contributed by atoms with E-state index >= 15 is 0 Å². The van der Waals surface area contributed by atoms with Gasteiger partial charge in [0.15, 0.2) is 5.82 Å². The number of fused-ring (bicyclic) bond motifs is 1. The summed E-state index contributed by atoms with van der Waals surface area (Å²) < 4.78 is 5.21. The fourth-order valence-electron chi connectivity index (χ4n) is 4.21. The maximum atomic E-state index is 13.1. The Bertz CT molecular complexity index is 773. The molecule has 0 aliphatic heterocycles. The van der Waals surface area contributed by atoms with Gasteiger partial charge in [0.1, 0.15) is 5.54 Å². The Hall–Kier alpha value is -1.69. The third kappa shape index (κ3) is 3.12. The van der Waals surface area contributed by atoms with Crippen molar-refractivity contribution in [2.75, 3.05) is 0 Å². The molecule has 1 amide bonds. The number of aromatic nitrogens is 2. The summed E-state index contributed by atoms with van der Waals surface area (Å²) in [4.78, 5) is 19.0. The second-order valence-electron chi connectivity index (χ2n) is 7.63. The normalized spacial score (nSPS) is 22.4. The molecular weight excluding hydrogens is 334 g/mol. The van der Waals surface area contributed by atoms with E-state index in [0.717, 1.165) is 44.1 Å². The molecule has 2 heterocycles. The predicted molar refractivity (Wildman–Crippen MR) is 96.8 cm³/mol. The van der Waals surface area contributed by atoms with Crippen LogP contribution in [-0.4, -0.2) is 16.0 Å². The van der Waals surface area contributed by atoms with Gasteiger partial charge in [-0.25, -0.2) is 0 Å². The number of carbonyl (C=O) groups excluding carboxylic acids is 1. The Morgan fingerprint density at radius 1 is 1.36 bits per heavy atom. The summed E-state index contributed by atoms with van der Waals surface area (Å²) in [5.41, 5.74) is 1.64. The van der Waals surface area contributed by atoms with Crippen LogP contribution in [0.1, 0.15) is 78.0 Å². The Morgan fingerprint density at radius 3 is 2.88 bits per heavy atom. The lowest BCUT2D eigenvalue weighted by molar-refractivity contribution is 0.0854. The lowest BCUT2D eigenvalue weighted by Crippen LogP contribution is -2.48. The number of amides is 1. The van der Waals surface area contributed by atoms with Crippen LogP contribution in [-0.2, 0) is 18.4 Å². The van der Waals surface area contributed by atoms with Crippen LogP contribution in [0.4, 0.5) is 0 Å². The Morgan fingerprint density at radius 2 is 2.16 bits per heavy atom. The standard InChI is InChI=1S/C19H25N3O2S/c1-12-6-7-14-15(11-25-16(14)10-12)17(23)21-19(8-4-3-5-9-19)18-20-13(2)24-22-18/h11-12H,3-10H2,1-2H3,(H,21,23)/t12-/m0/s1. The summed E-state index contributed by atoms with van der Waals surface area (Å²) in [7, 11) is 0. The third-order valence-corrected chi connectivity index (χ3v) is 6.71. The lowest BCUT2D eigenvalue weighted by atomic mass is 9.80. The Balaban J connectivity index is 1.61. The predicted octanol–water partition coefficient (Wildman–Crippen LogP) is 4.15. The molecule has 2 aliphatic rings. The van der Waals surface area contributed by atoms with E-state index in [2.05, 4.69) is 22.4 Å². The van der Waals surface area contributed by atoms with Crippen LogP contribution in [0.2, 0.25) is 0 Å². The van der Waals surface area contributed by atoms with Crippen molar-refractivity contribution < 1.29 is 9.32 Å². The van der Waals surface area contributed by atoms with Gasteiger partial charge in [-0.2, -0.15) is 4.98 Å². The van der Waals surface area contributed by atoms with Crippen LogP contribution in [0, 0.1) is 12.8 Å². The number of nitrogens with zero attached hydrogens (tertiary/aromatic N) is 2. The first-order valence-electron chi connectivity index (χ1n) is 9.30. The minimum atomic E-state index is -0.482. The highest BCUT2D eigenvalue weighted by atomic mass is 32.1. The molecule has 134 valence electrons. The molecule has 6 heteroatoms. The largest absolute Gasteiger partial charge is 0.340 e. The summed E-state index contributed by atoms with van der Waals surface area (Å²) in [6, 6.07) is 0. The fourth-order valence-corrected chi connectivity index (χ4v) is 5.45. The topological polar surface area (TPSA) is 68.0 Å². The summed E-state index contributed by atoms with van der Waals surface area (Å²) in [6.07, 6.45) is 8.38. The van der Waals surface area contributed by atoms with Crippen molar-refractivity contribution in [3.8, 4) is 0 Å². The highest BCUT2D eigenvalue weighted by Gasteiger charge is 2.40. The van der Waals surface area contributed by atoms with Gasteiger partial charge in [0.2, 0.25) is 5.89 Å². The van der Waals surface area contributed by atoms with Gasteiger partial charge < -0.3 is 9.84 Å². The Kier molecular flexibility index (Phi) is 4.40. The van der Waals surface area contributed by atoms with Crippen molar-refractivity contribution in [3.63, 3.8) is 0 Å². The van der Waals surface area contributed by atoms with E-state index in [0.29, 0.717) is 17.6 Å². The fraction of sp³-hybridized carbons (Fsp3) is 0.632. The van der Waals surface area contributed by atoms with Gasteiger partial charge in [-0.1, -0.05) is 31.3 Å². The first-order valence-corrected chi connectivity index (χ1v) is 10.2. The highest BCUT2D eigenvalue weighted by molar-refractivity contribution is 7.10. The van der Waals surface area contributed by atoms with Crippen molar-refractivity contribution in [3.05, 3.63) is 33.1 Å². The van der Waals surface area contributed by atoms with E-state index in [1.165, 1.54) is 23.3 Å². The van der Waals surface area contributed by atoms with Gasteiger partial charge in [-0.05, 0) is 43.6 Å². The van der Waals surface area contributed by atoms with Crippen LogP contribution in [0.5, 0.6) is 0 Å². The van der Waals surface area contributed by atoms with E-state index in [4.69, 9.17) is 4.52 Å². The molecule has 2 aliphatic carbocycles. The first-order chi connectivity index (χ1) is 12.1. The van der Waals surface area contributed by atoms with Gasteiger partial charge in [-0.3, -0.25) is 4.79 Å². The van der Waals surface area contributed by atoms with Crippen LogP contribution in [0.15, 0.2) is 9.90 Å². The van der Waals surface area contributed by atoms with Gasteiger partial charge in [0.05, 0.1) is 5.56 Å². The van der Waals surface area contributed by atoms with E-state index in [1.54, 1.807) is 18.3 Å². The molecule has 0 bridgehead atoms. The van der Waals surface area contributed by atoms with Crippen LogP contribution in [0.25, 0.3) is 0 Å². The zero-order valence-electron chi connectivity index (χ0n) is 14.9. The lowest BCUT2D eigenvalue weighted by Gasteiger charge is -2.35. The smallest absolute Gasteiger partial charge is 0.253 e. The molecule has 0 spiro atoms. The average Bonchev–Trinajstić information content (AvgIpc) is 3.22. The van der Waals surface area contributed by atoms with Gasteiger partial charge in [0.25, 0.3) is 5.91 Å². The summed E-state index contributed by atoms with van der Waals surface area (Å²) in [6.45, 7) is 4.09. The SMILES string of the molecule is Cc1nc(C2(NC(=O)c3csc4c3CC[C@H](C)C4)CCCCC2)no1. The highest BCUT2D eigenvalue weighted by Crippen LogP contribution is 2.37. The molecule has 1 atom stereocenters. The number of hydrogen-bond donors (Lipinski definition) is 1. The molecule has 1 fully saturated rings. The zero-order valence-corrected chi connectivity index (χ0v) is 15.7. The number of hydrogen-bond acceptors (Lipinski definition) is 5. The maximum absolute atomic E-state index is 13.1. The number of carbonyl (C=O) groups is 1. The van der Waals surface area contributed by atoms with Crippen LogP contribution in [0.3, 0.4) is 0 Å². The average molecular weight is 359 g/mol. The first kappa shape index (κ1) is 16.8. The molecule has 4 rings (SSSR count). The van der Waals surface area contributed by atoms with E-state index in [-0.39, 0.29) is 5.91 Å². The minimum Gasteiger partial charge on any atom is -0.340 e. The van der Waals surface area contributed by atoms with Gasteiger partial charge >= 0.3 is 0 Å². The number of rotatable bonds is 3. The number of aryl methyl sites for hydroxylation is 1. The van der Waals surface area contributed by atoms with Crippen molar-refractivity contribution in [2.24, 2.45) is 5.92 Å². The molecule has 1 saturated carbocycles. The molecular formula is C19H25N3O2S. The van der Waals surface area contributed by atoms with Crippen molar-refractivity contribution in [1.29, 1.82) is 0 Å². The molecule has 5 nitrogen and oxygen atoms in total. The zero-order chi connectivity index (χ0) is 17.4. The molecule has 2 aromatic rings.